The molecule has 0 atom stereocenters. The van der Waals surface area contributed by atoms with Crippen molar-refractivity contribution in [3.05, 3.63) is 77.3 Å². The topological polar surface area (TPSA) is 43.4 Å². The van der Waals surface area contributed by atoms with Crippen molar-refractivity contribution in [1.29, 1.82) is 0 Å². The van der Waals surface area contributed by atoms with E-state index in [9.17, 15) is 17.2 Å². The SMILES string of the molecule is C=CCOC1CC(c2cc(F)ccc2F)(S(=O)(=O)c2ccc(Cl)cc2)C1. The Bertz CT molecular complexity index is 920. The third-order valence-corrected chi connectivity index (χ3v) is 7.35. The Labute approximate surface area is 156 Å². The number of hydrogen-bond donors (Lipinski definition) is 0. The quantitative estimate of drug-likeness (QED) is 0.665. The lowest BCUT2D eigenvalue weighted by atomic mass is 9.76. The Morgan fingerprint density at radius 1 is 1.19 bits per heavy atom. The van der Waals surface area contributed by atoms with Crippen molar-refractivity contribution in [3.63, 3.8) is 0 Å². The van der Waals surface area contributed by atoms with Gasteiger partial charge in [-0.15, -0.1) is 6.58 Å². The van der Waals surface area contributed by atoms with Crippen LogP contribution < -0.4 is 0 Å². The van der Waals surface area contributed by atoms with E-state index < -0.39 is 26.2 Å². The van der Waals surface area contributed by atoms with Crippen LogP contribution in [0.1, 0.15) is 18.4 Å². The van der Waals surface area contributed by atoms with Crippen molar-refractivity contribution in [2.75, 3.05) is 6.61 Å². The van der Waals surface area contributed by atoms with Crippen molar-refractivity contribution in [2.45, 2.75) is 28.6 Å². The maximum absolute atomic E-state index is 14.5. The smallest absolute Gasteiger partial charge is 0.188 e. The van der Waals surface area contributed by atoms with Crippen molar-refractivity contribution in [3.8, 4) is 0 Å². The summed E-state index contributed by atoms with van der Waals surface area (Å²) in [6.07, 6.45) is 1.24. The van der Waals surface area contributed by atoms with E-state index in [1.807, 2.05) is 0 Å². The minimum atomic E-state index is -4.00. The lowest BCUT2D eigenvalue weighted by molar-refractivity contribution is -0.00892. The standard InChI is InChI=1S/C19H17ClF2O3S/c1-2-9-25-15-11-19(12-15,17-10-14(21)5-8-18(17)22)26(23,24)16-6-3-13(20)4-7-16/h2-8,10,15H,1,9,11-12H2. The van der Waals surface area contributed by atoms with Gasteiger partial charge in [0.2, 0.25) is 0 Å². The maximum Gasteiger partial charge on any atom is 0.188 e. The van der Waals surface area contributed by atoms with Gasteiger partial charge in [0, 0.05) is 10.6 Å². The van der Waals surface area contributed by atoms with Crippen LogP contribution in [-0.2, 0) is 19.3 Å². The van der Waals surface area contributed by atoms with Crippen molar-refractivity contribution in [2.24, 2.45) is 0 Å². The lowest BCUT2D eigenvalue weighted by Gasteiger charge is -2.46. The number of benzene rings is 2. The van der Waals surface area contributed by atoms with E-state index in [2.05, 4.69) is 6.58 Å². The molecule has 0 heterocycles. The molecule has 0 unspecified atom stereocenters. The van der Waals surface area contributed by atoms with Crippen LogP contribution in [-0.4, -0.2) is 21.1 Å². The molecule has 26 heavy (non-hydrogen) atoms. The summed E-state index contributed by atoms with van der Waals surface area (Å²) < 4.78 is 58.8. The third kappa shape index (κ3) is 3.17. The van der Waals surface area contributed by atoms with Crippen LogP contribution in [0.3, 0.4) is 0 Å². The Kier molecular flexibility index (Phi) is 5.19. The monoisotopic (exact) mass is 398 g/mol. The summed E-state index contributed by atoms with van der Waals surface area (Å²) in [4.78, 5) is 0.00716. The van der Waals surface area contributed by atoms with E-state index in [4.69, 9.17) is 16.3 Å². The molecule has 0 radical (unpaired) electrons. The summed E-state index contributed by atoms with van der Waals surface area (Å²) in [7, 11) is -4.00. The van der Waals surface area contributed by atoms with Crippen LogP contribution in [0.2, 0.25) is 5.02 Å². The summed E-state index contributed by atoms with van der Waals surface area (Å²) in [5, 5.41) is 0.385. The van der Waals surface area contributed by atoms with Gasteiger partial charge in [-0.05, 0) is 55.3 Å². The number of rotatable bonds is 6. The molecule has 138 valence electrons. The highest BCUT2D eigenvalue weighted by molar-refractivity contribution is 7.92. The number of sulfone groups is 1. The first-order valence-corrected chi connectivity index (χ1v) is 9.84. The van der Waals surface area contributed by atoms with E-state index in [-0.39, 0.29) is 36.0 Å². The molecule has 0 amide bonds. The Morgan fingerprint density at radius 3 is 2.46 bits per heavy atom. The van der Waals surface area contributed by atoms with Gasteiger partial charge in [0.25, 0.3) is 0 Å². The normalized spacial score (nSPS) is 22.7. The van der Waals surface area contributed by atoms with E-state index in [0.29, 0.717) is 5.02 Å². The molecule has 7 heteroatoms. The molecule has 1 saturated carbocycles. The fraction of sp³-hybridized carbons (Fsp3) is 0.263. The highest BCUT2D eigenvalue weighted by atomic mass is 35.5. The molecule has 0 saturated heterocycles. The minimum absolute atomic E-state index is 0.00716. The zero-order valence-corrected chi connectivity index (χ0v) is 15.4. The fourth-order valence-electron chi connectivity index (χ4n) is 3.27. The van der Waals surface area contributed by atoms with Gasteiger partial charge < -0.3 is 4.74 Å². The molecular weight excluding hydrogens is 382 g/mol. The lowest BCUT2D eigenvalue weighted by Crippen LogP contribution is -2.52. The molecule has 1 aliphatic carbocycles. The van der Waals surface area contributed by atoms with Gasteiger partial charge in [-0.2, -0.15) is 0 Å². The van der Waals surface area contributed by atoms with Crippen LogP contribution in [0, 0.1) is 11.6 Å². The molecule has 1 fully saturated rings. The van der Waals surface area contributed by atoms with Gasteiger partial charge in [0.05, 0.1) is 17.6 Å². The molecule has 3 rings (SSSR count). The minimum Gasteiger partial charge on any atom is -0.374 e. The van der Waals surface area contributed by atoms with Crippen LogP contribution >= 0.6 is 11.6 Å². The van der Waals surface area contributed by atoms with Crippen LogP contribution in [0.15, 0.2) is 60.0 Å². The molecule has 0 N–H and O–H groups in total. The summed E-state index contributed by atoms with van der Waals surface area (Å²) in [5.74, 6) is -1.45. The van der Waals surface area contributed by atoms with Gasteiger partial charge in [0.15, 0.2) is 9.84 Å². The van der Waals surface area contributed by atoms with E-state index in [1.165, 1.54) is 24.3 Å². The van der Waals surface area contributed by atoms with Gasteiger partial charge in [0.1, 0.15) is 16.4 Å². The second-order valence-corrected chi connectivity index (χ2v) is 8.92. The highest BCUT2D eigenvalue weighted by Crippen LogP contribution is 2.52. The first-order chi connectivity index (χ1) is 12.3. The zero-order valence-electron chi connectivity index (χ0n) is 13.8. The average molecular weight is 399 g/mol. The van der Waals surface area contributed by atoms with Gasteiger partial charge in [-0.3, -0.25) is 0 Å². The summed E-state index contributed by atoms with van der Waals surface area (Å²) in [5.41, 5.74) is -0.175. The molecular formula is C19H17ClF2O3S. The highest BCUT2D eigenvalue weighted by Gasteiger charge is 2.57. The largest absolute Gasteiger partial charge is 0.374 e. The predicted molar refractivity (Wildman–Crippen MR) is 95.8 cm³/mol. The summed E-state index contributed by atoms with van der Waals surface area (Å²) in [6, 6.07) is 8.51. The van der Waals surface area contributed by atoms with Crippen LogP contribution in [0.4, 0.5) is 8.78 Å². The molecule has 2 aromatic carbocycles. The molecule has 1 aliphatic rings. The van der Waals surface area contributed by atoms with Crippen molar-refractivity contribution < 1.29 is 21.9 Å². The second-order valence-electron chi connectivity index (χ2n) is 6.23. The molecule has 3 nitrogen and oxygen atoms in total. The molecule has 0 spiro atoms. The van der Waals surface area contributed by atoms with Crippen LogP contribution in [0.25, 0.3) is 0 Å². The Morgan fingerprint density at radius 2 is 1.85 bits per heavy atom. The van der Waals surface area contributed by atoms with Gasteiger partial charge >= 0.3 is 0 Å². The van der Waals surface area contributed by atoms with E-state index >= 15 is 0 Å². The van der Waals surface area contributed by atoms with Crippen molar-refractivity contribution >= 4 is 21.4 Å². The Balaban J connectivity index is 2.09. The maximum atomic E-state index is 14.5. The first-order valence-electron chi connectivity index (χ1n) is 7.98. The third-order valence-electron chi connectivity index (χ3n) is 4.62. The number of ether oxygens (including phenoxy) is 1. The average Bonchev–Trinajstić information content (AvgIpc) is 2.57. The number of halogens is 3. The van der Waals surface area contributed by atoms with Gasteiger partial charge in [-0.25, -0.2) is 17.2 Å². The second kappa shape index (κ2) is 7.10. The fourth-order valence-corrected chi connectivity index (χ4v) is 5.60. The van der Waals surface area contributed by atoms with E-state index in [0.717, 1.165) is 18.2 Å². The molecule has 0 aliphatic heterocycles. The zero-order chi connectivity index (χ0) is 18.9. The molecule has 0 bridgehead atoms. The predicted octanol–water partition coefficient (Wildman–Crippen LogP) is 4.65. The van der Waals surface area contributed by atoms with E-state index in [1.54, 1.807) is 6.08 Å². The van der Waals surface area contributed by atoms with Crippen LogP contribution in [0.5, 0.6) is 0 Å². The summed E-state index contributed by atoms with van der Waals surface area (Å²) >= 11 is 5.83. The molecule has 2 aromatic rings. The first kappa shape index (κ1) is 19.0. The van der Waals surface area contributed by atoms with Gasteiger partial charge in [-0.1, -0.05) is 17.7 Å². The molecule has 0 aromatic heterocycles. The summed E-state index contributed by atoms with van der Waals surface area (Å²) in [6.45, 7) is 3.81. The number of hydrogen-bond acceptors (Lipinski definition) is 3. The van der Waals surface area contributed by atoms with Crippen molar-refractivity contribution in [1.82, 2.24) is 0 Å². The Hall–Kier alpha value is -1.76.